The molecule has 2 atom stereocenters. The van der Waals surface area contributed by atoms with Gasteiger partial charge in [0.2, 0.25) is 5.91 Å². The second-order valence-corrected chi connectivity index (χ2v) is 6.46. The van der Waals surface area contributed by atoms with E-state index in [9.17, 15) is 4.79 Å². The molecule has 1 amide bonds. The molecule has 0 aliphatic carbocycles. The van der Waals surface area contributed by atoms with Gasteiger partial charge in [0.25, 0.3) is 0 Å². The first-order valence-electron chi connectivity index (χ1n) is 8.14. The zero-order chi connectivity index (χ0) is 17.1. The molecule has 1 aliphatic heterocycles. The highest BCUT2D eigenvalue weighted by atomic mass is 35.5. The molecule has 2 N–H and O–H groups in total. The number of nitrogens with zero attached hydrogens (tertiary/aromatic N) is 4. The first kappa shape index (κ1) is 22.2. The molecule has 1 aliphatic rings. The molecule has 3 heterocycles. The van der Waals surface area contributed by atoms with E-state index in [0.29, 0.717) is 13.1 Å². The predicted molar refractivity (Wildman–Crippen MR) is 107 cm³/mol. The summed E-state index contributed by atoms with van der Waals surface area (Å²) < 4.78 is 1.78. The van der Waals surface area contributed by atoms with Crippen LogP contribution in [0.2, 0.25) is 0 Å². The number of aryl methyl sites for hydroxylation is 1. The van der Waals surface area contributed by atoms with Crippen molar-refractivity contribution < 1.29 is 4.79 Å². The first-order chi connectivity index (χ1) is 11.5. The zero-order valence-electron chi connectivity index (χ0n) is 15.2. The molecular weight excluding hydrogens is 375 g/mol. The number of carbonyl (C=O) groups is 1. The van der Waals surface area contributed by atoms with E-state index in [1.165, 1.54) is 0 Å². The van der Waals surface area contributed by atoms with Gasteiger partial charge in [-0.05, 0) is 17.2 Å². The zero-order valence-corrected chi connectivity index (χ0v) is 16.8. The maximum atomic E-state index is 12.6. The van der Waals surface area contributed by atoms with Crippen molar-refractivity contribution in [1.82, 2.24) is 25.4 Å². The van der Waals surface area contributed by atoms with Gasteiger partial charge in [-0.15, -0.1) is 24.8 Å². The lowest BCUT2D eigenvalue weighted by atomic mass is 9.90. The number of rotatable bonds is 5. The van der Waals surface area contributed by atoms with E-state index in [1.807, 2.05) is 50.6 Å². The maximum Gasteiger partial charge on any atom is 0.225 e. The number of aromatic nitrogens is 3. The fourth-order valence-corrected chi connectivity index (χ4v) is 3.04. The number of anilines is 1. The molecule has 2 aromatic heterocycles. The summed E-state index contributed by atoms with van der Waals surface area (Å²) in [6, 6.07) is 3.95. The van der Waals surface area contributed by atoms with Crippen molar-refractivity contribution in [2.24, 2.45) is 13.0 Å². The molecule has 0 bridgehead atoms. The van der Waals surface area contributed by atoms with Crippen LogP contribution in [0, 0.1) is 5.92 Å². The molecule has 144 valence electrons. The Morgan fingerprint density at radius 3 is 2.65 bits per heavy atom. The topological polar surface area (TPSA) is 75.1 Å². The minimum Gasteiger partial charge on any atom is -0.363 e. The molecule has 0 unspecified atom stereocenters. The molecule has 0 saturated carbocycles. The van der Waals surface area contributed by atoms with Crippen molar-refractivity contribution in [3.05, 3.63) is 41.9 Å². The third kappa shape index (κ3) is 5.09. The lowest BCUT2D eigenvalue weighted by Gasteiger charge is -2.17. The monoisotopic (exact) mass is 400 g/mol. The van der Waals surface area contributed by atoms with Crippen LogP contribution in [-0.2, 0) is 18.4 Å². The summed E-state index contributed by atoms with van der Waals surface area (Å²) in [4.78, 5) is 18.9. The molecule has 2 aromatic rings. The molecule has 0 aromatic carbocycles. The Labute approximate surface area is 166 Å². The van der Waals surface area contributed by atoms with Crippen molar-refractivity contribution in [2.75, 3.05) is 32.1 Å². The molecule has 0 spiro atoms. The number of pyridine rings is 1. The third-order valence-electron chi connectivity index (χ3n) is 4.44. The van der Waals surface area contributed by atoms with Crippen LogP contribution in [0.15, 0.2) is 30.7 Å². The van der Waals surface area contributed by atoms with Crippen molar-refractivity contribution in [2.45, 2.75) is 12.5 Å². The van der Waals surface area contributed by atoms with Crippen LogP contribution < -0.4 is 15.5 Å². The summed E-state index contributed by atoms with van der Waals surface area (Å²) in [5, 5.41) is 10.6. The molecule has 26 heavy (non-hydrogen) atoms. The Kier molecular flexibility index (Phi) is 8.33. The molecular formula is C17H26Cl2N6O. The molecule has 7 nitrogen and oxygen atoms in total. The van der Waals surface area contributed by atoms with E-state index in [2.05, 4.69) is 20.7 Å². The second kappa shape index (κ2) is 9.75. The normalized spacial score (nSPS) is 18.6. The van der Waals surface area contributed by atoms with Crippen LogP contribution in [0.5, 0.6) is 0 Å². The van der Waals surface area contributed by atoms with E-state index < -0.39 is 0 Å². The van der Waals surface area contributed by atoms with Crippen molar-refractivity contribution in [3.8, 4) is 0 Å². The highest BCUT2D eigenvalue weighted by Gasteiger charge is 2.34. The van der Waals surface area contributed by atoms with Crippen molar-refractivity contribution in [1.29, 1.82) is 0 Å². The predicted octanol–water partition coefficient (Wildman–Crippen LogP) is 1.34. The van der Waals surface area contributed by atoms with E-state index in [4.69, 9.17) is 0 Å². The van der Waals surface area contributed by atoms with Gasteiger partial charge in [-0.2, -0.15) is 5.10 Å². The highest BCUT2D eigenvalue weighted by molar-refractivity contribution is 5.85. The van der Waals surface area contributed by atoms with Gasteiger partial charge in [0, 0.05) is 59.1 Å². The molecule has 3 rings (SSSR count). The van der Waals surface area contributed by atoms with Crippen molar-refractivity contribution >= 4 is 36.5 Å². The summed E-state index contributed by atoms with van der Waals surface area (Å²) >= 11 is 0. The molecule has 0 radical (unpaired) electrons. The van der Waals surface area contributed by atoms with Crippen LogP contribution in [0.3, 0.4) is 0 Å². The van der Waals surface area contributed by atoms with Gasteiger partial charge in [0.05, 0.1) is 12.1 Å². The van der Waals surface area contributed by atoms with E-state index in [1.54, 1.807) is 10.9 Å². The van der Waals surface area contributed by atoms with Crippen LogP contribution in [-0.4, -0.2) is 47.9 Å². The molecule has 1 fully saturated rings. The summed E-state index contributed by atoms with van der Waals surface area (Å²) in [6.45, 7) is 2.00. The number of nitrogens with one attached hydrogen (secondary N) is 2. The minimum absolute atomic E-state index is 0. The standard InChI is InChI=1S/C17H24N6O.2ClH/c1-22(2)16-5-4-12(6-19-16)7-20-17(24)15-10-18-9-14(15)13-8-21-23(3)11-13;;/h4-6,8,11,14-15,18H,7,9-10H2,1-3H3,(H,20,24);2*1H/t14-,15+;;/m1../s1. The Morgan fingerprint density at radius 1 is 1.31 bits per heavy atom. The van der Waals surface area contributed by atoms with Crippen LogP contribution >= 0.6 is 24.8 Å². The fraction of sp³-hybridized carbons (Fsp3) is 0.471. The van der Waals surface area contributed by atoms with E-state index in [-0.39, 0.29) is 42.6 Å². The van der Waals surface area contributed by atoms with E-state index >= 15 is 0 Å². The van der Waals surface area contributed by atoms with E-state index in [0.717, 1.165) is 23.5 Å². The lowest BCUT2D eigenvalue weighted by Crippen LogP contribution is -2.34. The van der Waals surface area contributed by atoms with Gasteiger partial charge in [0.1, 0.15) is 5.82 Å². The highest BCUT2D eigenvalue weighted by Crippen LogP contribution is 2.27. The van der Waals surface area contributed by atoms with Crippen LogP contribution in [0.4, 0.5) is 5.82 Å². The summed E-state index contributed by atoms with van der Waals surface area (Å²) in [7, 11) is 5.80. The quantitative estimate of drug-likeness (QED) is 0.791. The van der Waals surface area contributed by atoms with Gasteiger partial charge < -0.3 is 15.5 Å². The SMILES string of the molecule is CN(C)c1ccc(CNC(=O)[C@H]2CNC[C@@H]2c2cnn(C)c2)cn1.Cl.Cl. The summed E-state index contributed by atoms with van der Waals surface area (Å²) in [6.07, 6.45) is 5.64. The number of hydrogen-bond donors (Lipinski definition) is 2. The molecule has 9 heteroatoms. The Balaban J connectivity index is 0.00000169. The Hall–Kier alpha value is -1.83. The van der Waals surface area contributed by atoms with Gasteiger partial charge in [-0.3, -0.25) is 9.48 Å². The smallest absolute Gasteiger partial charge is 0.225 e. The van der Waals surface area contributed by atoms with Gasteiger partial charge >= 0.3 is 0 Å². The first-order valence-corrected chi connectivity index (χ1v) is 8.14. The number of hydrogen-bond acceptors (Lipinski definition) is 5. The second-order valence-electron chi connectivity index (χ2n) is 6.46. The van der Waals surface area contributed by atoms with Crippen LogP contribution in [0.1, 0.15) is 17.0 Å². The Bertz CT molecular complexity index is 704. The average molecular weight is 401 g/mol. The van der Waals surface area contributed by atoms with Crippen molar-refractivity contribution in [3.63, 3.8) is 0 Å². The maximum absolute atomic E-state index is 12.6. The molecule has 1 saturated heterocycles. The number of amides is 1. The number of carbonyl (C=O) groups excluding carboxylic acids is 1. The lowest BCUT2D eigenvalue weighted by molar-refractivity contribution is -0.125. The van der Waals surface area contributed by atoms with Gasteiger partial charge in [-0.25, -0.2) is 4.98 Å². The van der Waals surface area contributed by atoms with Gasteiger partial charge in [-0.1, -0.05) is 6.07 Å². The number of halogens is 2. The Morgan fingerprint density at radius 2 is 2.08 bits per heavy atom. The van der Waals surface area contributed by atoms with Crippen LogP contribution in [0.25, 0.3) is 0 Å². The largest absolute Gasteiger partial charge is 0.363 e. The minimum atomic E-state index is -0.0665. The van der Waals surface area contributed by atoms with Gasteiger partial charge in [0.15, 0.2) is 0 Å². The summed E-state index contributed by atoms with van der Waals surface area (Å²) in [5.74, 6) is 1.09. The average Bonchev–Trinajstić information content (AvgIpc) is 3.21. The third-order valence-corrected chi connectivity index (χ3v) is 4.44. The summed E-state index contributed by atoms with van der Waals surface area (Å²) in [5.41, 5.74) is 2.11. The fourth-order valence-electron chi connectivity index (χ4n) is 3.04.